The minimum atomic E-state index is -0.666. The van der Waals surface area contributed by atoms with Gasteiger partial charge >= 0.3 is 0 Å². The van der Waals surface area contributed by atoms with Gasteiger partial charge in [0.1, 0.15) is 11.8 Å². The lowest BCUT2D eigenvalue weighted by atomic mass is 10.0. The van der Waals surface area contributed by atoms with Crippen LogP contribution >= 0.6 is 0 Å². The number of nitrogens with zero attached hydrogens (tertiary/aromatic N) is 1. The van der Waals surface area contributed by atoms with Crippen molar-refractivity contribution in [1.82, 2.24) is 10.2 Å². The fourth-order valence-corrected chi connectivity index (χ4v) is 4.39. The molecular formula is C30H34N2O5. The zero-order valence-electron chi connectivity index (χ0n) is 21.6. The maximum absolute atomic E-state index is 13.8. The van der Waals surface area contributed by atoms with E-state index in [2.05, 4.69) is 5.32 Å². The van der Waals surface area contributed by atoms with Gasteiger partial charge in [0.2, 0.25) is 18.6 Å². The van der Waals surface area contributed by atoms with Crippen molar-refractivity contribution in [3.8, 4) is 17.2 Å². The number of carbonyl (C=O) groups excluding carboxylic acids is 2. The number of methoxy groups -OCH3 is 1. The van der Waals surface area contributed by atoms with E-state index in [4.69, 9.17) is 14.2 Å². The normalized spacial score (nSPS) is 12.8. The van der Waals surface area contributed by atoms with Crippen LogP contribution in [-0.4, -0.2) is 42.7 Å². The zero-order valence-corrected chi connectivity index (χ0v) is 21.6. The largest absolute Gasteiger partial charge is 0.497 e. The van der Waals surface area contributed by atoms with Gasteiger partial charge in [0.05, 0.1) is 7.11 Å². The van der Waals surface area contributed by atoms with Crippen LogP contribution in [0.1, 0.15) is 37.0 Å². The molecule has 1 N–H and O–H groups in total. The minimum Gasteiger partial charge on any atom is -0.497 e. The van der Waals surface area contributed by atoms with E-state index in [1.165, 1.54) is 0 Å². The first kappa shape index (κ1) is 26.1. The molecule has 4 rings (SSSR count). The highest BCUT2D eigenvalue weighted by molar-refractivity contribution is 5.88. The van der Waals surface area contributed by atoms with Crippen molar-refractivity contribution < 1.29 is 23.8 Å². The molecule has 1 unspecified atom stereocenters. The van der Waals surface area contributed by atoms with Crippen molar-refractivity contribution in [3.05, 3.63) is 89.5 Å². The lowest BCUT2D eigenvalue weighted by Crippen LogP contribution is -2.51. The Kier molecular flexibility index (Phi) is 8.67. The summed E-state index contributed by atoms with van der Waals surface area (Å²) >= 11 is 0. The van der Waals surface area contributed by atoms with Gasteiger partial charge < -0.3 is 24.4 Å². The maximum atomic E-state index is 13.8. The maximum Gasteiger partial charge on any atom is 0.243 e. The van der Waals surface area contributed by atoms with Crippen molar-refractivity contribution in [2.24, 2.45) is 0 Å². The number of ether oxygens (including phenoxy) is 3. The van der Waals surface area contributed by atoms with Crippen molar-refractivity contribution in [2.75, 3.05) is 13.9 Å². The molecule has 1 aliphatic heterocycles. The number of nitrogens with one attached hydrogen (secondary N) is 1. The molecule has 0 aliphatic carbocycles. The molecule has 7 heteroatoms. The molecule has 1 aliphatic rings. The number of hydrogen-bond donors (Lipinski definition) is 1. The summed E-state index contributed by atoms with van der Waals surface area (Å²) in [6, 6.07) is 22.4. The summed E-state index contributed by atoms with van der Waals surface area (Å²) in [5.74, 6) is 1.84. The lowest BCUT2D eigenvalue weighted by molar-refractivity contribution is -0.141. The van der Waals surface area contributed by atoms with Crippen LogP contribution in [0, 0.1) is 0 Å². The second-order valence-corrected chi connectivity index (χ2v) is 9.43. The molecule has 0 radical (unpaired) electrons. The molecule has 2 amide bonds. The molecule has 0 spiro atoms. The van der Waals surface area contributed by atoms with Crippen molar-refractivity contribution >= 4 is 11.8 Å². The summed E-state index contributed by atoms with van der Waals surface area (Å²) in [7, 11) is 1.61. The Morgan fingerprint density at radius 1 is 0.919 bits per heavy atom. The van der Waals surface area contributed by atoms with Gasteiger partial charge in [-0.05, 0) is 61.2 Å². The predicted octanol–water partition coefficient (Wildman–Crippen LogP) is 4.52. The van der Waals surface area contributed by atoms with E-state index >= 15 is 0 Å². The Morgan fingerprint density at radius 2 is 1.68 bits per heavy atom. The van der Waals surface area contributed by atoms with Crippen LogP contribution in [0.3, 0.4) is 0 Å². The van der Waals surface area contributed by atoms with Crippen molar-refractivity contribution in [1.29, 1.82) is 0 Å². The molecule has 3 aromatic rings. The molecular weight excluding hydrogens is 468 g/mol. The summed E-state index contributed by atoms with van der Waals surface area (Å²) in [5.41, 5.74) is 2.86. The summed E-state index contributed by atoms with van der Waals surface area (Å²) in [6.45, 7) is 4.34. The molecule has 1 heterocycles. The van der Waals surface area contributed by atoms with E-state index in [-0.39, 0.29) is 31.1 Å². The Hall–Kier alpha value is -4.00. The lowest BCUT2D eigenvalue weighted by Gasteiger charge is -2.32. The van der Waals surface area contributed by atoms with Crippen LogP contribution in [0.4, 0.5) is 0 Å². The smallest absolute Gasteiger partial charge is 0.243 e. The third kappa shape index (κ3) is 7.03. The summed E-state index contributed by atoms with van der Waals surface area (Å²) < 4.78 is 16.3. The highest BCUT2D eigenvalue weighted by atomic mass is 16.7. The molecule has 3 aromatic carbocycles. The van der Waals surface area contributed by atoms with Gasteiger partial charge in [-0.15, -0.1) is 0 Å². The van der Waals surface area contributed by atoms with Crippen molar-refractivity contribution in [2.45, 2.75) is 51.7 Å². The zero-order chi connectivity index (χ0) is 26.2. The molecule has 7 nitrogen and oxygen atoms in total. The summed E-state index contributed by atoms with van der Waals surface area (Å²) in [5, 5.41) is 3.02. The Labute approximate surface area is 218 Å². The summed E-state index contributed by atoms with van der Waals surface area (Å²) in [6.07, 6.45) is 1.19. The molecule has 37 heavy (non-hydrogen) atoms. The number of amides is 2. The van der Waals surface area contributed by atoms with Gasteiger partial charge in [0.15, 0.2) is 11.5 Å². The molecule has 0 aromatic heterocycles. The van der Waals surface area contributed by atoms with E-state index < -0.39 is 6.04 Å². The van der Waals surface area contributed by atoms with E-state index in [0.29, 0.717) is 36.6 Å². The Bertz CT molecular complexity index is 1210. The van der Waals surface area contributed by atoms with Crippen LogP contribution in [0.25, 0.3) is 0 Å². The average molecular weight is 503 g/mol. The SMILES string of the molecule is COc1cccc(CN(C(=O)CCc2ccc3c(c2)OCO3)C(Cc2ccccc2)C(=O)NC(C)C)c1. The van der Waals surface area contributed by atoms with Gasteiger partial charge in [0, 0.05) is 25.4 Å². The van der Waals surface area contributed by atoms with Crippen molar-refractivity contribution in [3.63, 3.8) is 0 Å². The van der Waals surface area contributed by atoms with Gasteiger partial charge in [-0.3, -0.25) is 9.59 Å². The van der Waals surface area contributed by atoms with E-state index in [9.17, 15) is 9.59 Å². The fourth-order valence-electron chi connectivity index (χ4n) is 4.39. The molecule has 0 bridgehead atoms. The average Bonchev–Trinajstić information content (AvgIpc) is 3.37. The van der Waals surface area contributed by atoms with Crippen LogP contribution in [0.2, 0.25) is 0 Å². The van der Waals surface area contributed by atoms with E-state index in [1.807, 2.05) is 86.6 Å². The molecule has 1 atom stereocenters. The molecule has 194 valence electrons. The Balaban J connectivity index is 1.60. The van der Waals surface area contributed by atoms with E-state index in [0.717, 1.165) is 16.7 Å². The number of carbonyl (C=O) groups is 2. The summed E-state index contributed by atoms with van der Waals surface area (Å²) in [4.78, 5) is 28.9. The second kappa shape index (κ2) is 12.3. The molecule has 0 saturated heterocycles. The predicted molar refractivity (Wildman–Crippen MR) is 142 cm³/mol. The van der Waals surface area contributed by atoms with Crippen LogP contribution in [0.15, 0.2) is 72.8 Å². The topological polar surface area (TPSA) is 77.1 Å². The first-order valence-electron chi connectivity index (χ1n) is 12.6. The number of hydrogen-bond acceptors (Lipinski definition) is 5. The van der Waals surface area contributed by atoms with E-state index in [1.54, 1.807) is 12.0 Å². The third-order valence-corrected chi connectivity index (χ3v) is 6.25. The van der Waals surface area contributed by atoms with Gasteiger partial charge in [-0.1, -0.05) is 48.5 Å². The first-order valence-corrected chi connectivity index (χ1v) is 12.6. The van der Waals surface area contributed by atoms with Gasteiger partial charge in [-0.2, -0.15) is 0 Å². The quantitative estimate of drug-likeness (QED) is 0.417. The molecule has 0 saturated carbocycles. The van der Waals surface area contributed by atoms with Gasteiger partial charge in [0.25, 0.3) is 0 Å². The monoisotopic (exact) mass is 502 g/mol. The van der Waals surface area contributed by atoms with Crippen LogP contribution < -0.4 is 19.5 Å². The Morgan fingerprint density at radius 3 is 2.43 bits per heavy atom. The number of benzene rings is 3. The fraction of sp³-hybridized carbons (Fsp3) is 0.333. The number of rotatable bonds is 11. The highest BCUT2D eigenvalue weighted by Gasteiger charge is 2.30. The third-order valence-electron chi connectivity index (χ3n) is 6.25. The molecule has 0 fully saturated rings. The van der Waals surface area contributed by atoms with Crippen LogP contribution in [0.5, 0.6) is 17.2 Å². The second-order valence-electron chi connectivity index (χ2n) is 9.43. The van der Waals surface area contributed by atoms with Gasteiger partial charge in [-0.25, -0.2) is 0 Å². The standard InChI is InChI=1S/C30H34N2O5/c1-21(2)31-30(34)26(17-22-8-5-4-6-9-22)32(19-24-10-7-11-25(16-24)35-3)29(33)15-13-23-12-14-27-28(18-23)37-20-36-27/h4-12,14,16,18,21,26H,13,15,17,19-20H2,1-3H3,(H,31,34). The number of fused-ring (bicyclic) bond motifs is 1. The first-order chi connectivity index (χ1) is 17.9. The number of aryl methyl sites for hydroxylation is 1. The highest BCUT2D eigenvalue weighted by Crippen LogP contribution is 2.33. The minimum absolute atomic E-state index is 0.0480. The van der Waals surface area contributed by atoms with Crippen LogP contribution in [-0.2, 0) is 29.0 Å².